The van der Waals surface area contributed by atoms with E-state index >= 15 is 0 Å². The molecule has 2 rings (SSSR count). The van der Waals surface area contributed by atoms with Crippen LogP contribution in [0.15, 0.2) is 22.7 Å². The molecule has 2 N–H and O–H groups in total. The van der Waals surface area contributed by atoms with Gasteiger partial charge in [0.2, 0.25) is 0 Å². The summed E-state index contributed by atoms with van der Waals surface area (Å²) in [6.45, 7) is -0.325. The van der Waals surface area contributed by atoms with Crippen LogP contribution in [0.5, 0.6) is 0 Å². The van der Waals surface area contributed by atoms with Gasteiger partial charge in [-0.3, -0.25) is 14.1 Å². The van der Waals surface area contributed by atoms with Gasteiger partial charge in [0.15, 0.2) is 5.71 Å². The molecule has 0 bridgehead atoms. The van der Waals surface area contributed by atoms with E-state index in [2.05, 4.69) is 15.3 Å². The van der Waals surface area contributed by atoms with Crippen LogP contribution in [0.2, 0.25) is 0 Å². The molecule has 1 aliphatic rings. The van der Waals surface area contributed by atoms with Crippen molar-refractivity contribution in [2.75, 3.05) is 13.7 Å². The van der Waals surface area contributed by atoms with Crippen LogP contribution in [-0.4, -0.2) is 84.1 Å². The number of nitrogens with zero attached hydrogens (tertiary/aromatic N) is 2. The van der Waals surface area contributed by atoms with Gasteiger partial charge in [-0.15, -0.1) is 11.3 Å². The Kier molecular flexibility index (Phi) is 6.52. The molecule has 1 saturated heterocycles. The molecule has 2 amide bonds. The van der Waals surface area contributed by atoms with Gasteiger partial charge in [-0.25, -0.2) is 4.31 Å². The van der Waals surface area contributed by atoms with Crippen LogP contribution in [-0.2, 0) is 24.7 Å². The van der Waals surface area contributed by atoms with Crippen molar-refractivity contribution >= 4 is 68.7 Å². The molecule has 1 aromatic heterocycles. The Balaban J connectivity index is 0.00000242. The summed E-state index contributed by atoms with van der Waals surface area (Å²) >= 11 is 1.25. The Labute approximate surface area is 152 Å². The van der Waals surface area contributed by atoms with E-state index in [1.165, 1.54) is 18.4 Å². The summed E-state index contributed by atoms with van der Waals surface area (Å²) in [5, 5.41) is 7.66. The van der Waals surface area contributed by atoms with E-state index in [0.717, 1.165) is 0 Å². The third-order valence-electron chi connectivity index (χ3n) is 2.63. The number of carbonyl (C=O) groups excluding carboxylic acids is 2. The average Bonchev–Trinajstić information content (AvgIpc) is 2.91. The molecule has 12 heteroatoms. The van der Waals surface area contributed by atoms with Gasteiger partial charge in [0.1, 0.15) is 13.2 Å². The zero-order valence-electron chi connectivity index (χ0n) is 10.7. The fraction of sp³-hybridized carbons (Fsp3) is 0.300. The van der Waals surface area contributed by atoms with E-state index in [4.69, 9.17) is 4.55 Å². The van der Waals surface area contributed by atoms with Crippen LogP contribution in [0.25, 0.3) is 0 Å². The normalized spacial score (nSPS) is 18.3. The number of β-lactam (4-membered cyclic amide) rings is 1. The standard InChI is InChI=1S/C10H11N3O6S2.Na.H/c1-19-12-8(7-3-2-4-20-7)9(14)11-6-5-13(10(6)15)21(16,17)18;;/h2-4,6H,5H2,1H3,(H,11,14)(H,16,17,18);;. The molecular formula is C10H12N3NaO6S2. The Morgan fingerprint density at radius 2 is 2.27 bits per heavy atom. The van der Waals surface area contributed by atoms with Gasteiger partial charge in [0.05, 0.1) is 11.4 Å². The number of hydrogen-bond donors (Lipinski definition) is 2. The molecule has 0 aliphatic carbocycles. The van der Waals surface area contributed by atoms with Crippen molar-refractivity contribution in [2.45, 2.75) is 6.04 Å². The molecule has 0 spiro atoms. The minimum absolute atomic E-state index is 0. The summed E-state index contributed by atoms with van der Waals surface area (Å²) in [5.41, 5.74) is -0.0226. The molecule has 1 atom stereocenters. The zero-order valence-corrected chi connectivity index (χ0v) is 12.3. The Hall–Kier alpha value is -0.980. The maximum absolute atomic E-state index is 12.0. The van der Waals surface area contributed by atoms with Crippen molar-refractivity contribution in [2.24, 2.45) is 5.16 Å². The van der Waals surface area contributed by atoms with Crippen LogP contribution in [0.4, 0.5) is 0 Å². The second kappa shape index (κ2) is 7.53. The molecule has 0 radical (unpaired) electrons. The first kappa shape index (κ1) is 19.1. The third kappa shape index (κ3) is 4.06. The zero-order chi connectivity index (χ0) is 15.6. The summed E-state index contributed by atoms with van der Waals surface area (Å²) in [7, 11) is -3.30. The summed E-state index contributed by atoms with van der Waals surface area (Å²) in [4.78, 5) is 28.7. The van der Waals surface area contributed by atoms with Crippen LogP contribution < -0.4 is 5.32 Å². The van der Waals surface area contributed by atoms with Gasteiger partial charge in [0, 0.05) is 0 Å². The van der Waals surface area contributed by atoms with Crippen molar-refractivity contribution in [3.05, 3.63) is 22.4 Å². The summed E-state index contributed by atoms with van der Waals surface area (Å²) < 4.78 is 30.6. The molecular weight excluding hydrogens is 345 g/mol. The number of amides is 2. The van der Waals surface area contributed by atoms with Gasteiger partial charge in [0.25, 0.3) is 11.8 Å². The van der Waals surface area contributed by atoms with E-state index in [1.807, 2.05) is 0 Å². The Bertz CT molecular complexity index is 688. The fourth-order valence-corrected chi connectivity index (χ4v) is 3.03. The number of thiophene rings is 1. The van der Waals surface area contributed by atoms with Crippen LogP contribution in [0.3, 0.4) is 0 Å². The van der Waals surface area contributed by atoms with Gasteiger partial charge < -0.3 is 10.2 Å². The Morgan fingerprint density at radius 3 is 2.73 bits per heavy atom. The van der Waals surface area contributed by atoms with Crippen molar-refractivity contribution in [1.29, 1.82) is 0 Å². The topological polar surface area (TPSA) is 125 Å². The van der Waals surface area contributed by atoms with E-state index in [1.54, 1.807) is 17.5 Å². The monoisotopic (exact) mass is 357 g/mol. The van der Waals surface area contributed by atoms with E-state index in [0.29, 0.717) is 4.88 Å². The van der Waals surface area contributed by atoms with E-state index < -0.39 is 28.2 Å². The first-order valence-corrected chi connectivity index (χ1v) is 7.87. The molecule has 116 valence electrons. The number of rotatable bonds is 5. The minimum atomic E-state index is -4.58. The van der Waals surface area contributed by atoms with Gasteiger partial charge >= 0.3 is 39.9 Å². The molecule has 0 saturated carbocycles. The Morgan fingerprint density at radius 1 is 1.59 bits per heavy atom. The first-order valence-electron chi connectivity index (χ1n) is 5.59. The van der Waals surface area contributed by atoms with E-state index in [-0.39, 0.29) is 46.1 Å². The van der Waals surface area contributed by atoms with Gasteiger partial charge in [-0.05, 0) is 11.4 Å². The molecule has 0 aromatic carbocycles. The SMILES string of the molecule is CON=C(C(=O)NC1CN(S(=O)(=O)O)C1=O)c1cccs1.[NaH]. The summed E-state index contributed by atoms with van der Waals surface area (Å²) in [6, 6.07) is 2.34. The third-order valence-corrected chi connectivity index (χ3v) is 4.39. The molecule has 1 unspecified atom stereocenters. The quantitative estimate of drug-likeness (QED) is 0.219. The average molecular weight is 357 g/mol. The first-order chi connectivity index (χ1) is 9.84. The van der Waals surface area contributed by atoms with Crippen molar-refractivity contribution in [3.8, 4) is 0 Å². The second-order valence-corrected chi connectivity index (χ2v) is 6.26. The molecule has 1 aromatic rings. The van der Waals surface area contributed by atoms with E-state index in [9.17, 15) is 18.0 Å². The molecule has 2 heterocycles. The number of carbonyl (C=O) groups is 2. The van der Waals surface area contributed by atoms with Gasteiger partial charge in [-0.1, -0.05) is 11.2 Å². The summed E-state index contributed by atoms with van der Waals surface area (Å²) in [5.74, 6) is -1.58. The predicted octanol–water partition coefficient (Wildman–Crippen LogP) is -1.42. The van der Waals surface area contributed by atoms with Crippen LogP contribution in [0, 0.1) is 0 Å². The second-order valence-electron chi connectivity index (χ2n) is 3.97. The van der Waals surface area contributed by atoms with Crippen molar-refractivity contribution < 1.29 is 27.4 Å². The molecule has 1 aliphatic heterocycles. The van der Waals surface area contributed by atoms with Crippen LogP contribution >= 0.6 is 11.3 Å². The van der Waals surface area contributed by atoms with Crippen molar-refractivity contribution in [3.63, 3.8) is 0 Å². The maximum atomic E-state index is 12.0. The predicted molar refractivity (Wildman–Crippen MR) is 80.2 cm³/mol. The molecule has 9 nitrogen and oxygen atoms in total. The molecule has 1 fully saturated rings. The number of nitrogens with one attached hydrogen (secondary N) is 1. The molecule has 22 heavy (non-hydrogen) atoms. The fourth-order valence-electron chi connectivity index (χ4n) is 1.64. The van der Waals surface area contributed by atoms with Crippen LogP contribution in [0.1, 0.15) is 4.88 Å². The van der Waals surface area contributed by atoms with Crippen molar-refractivity contribution in [1.82, 2.24) is 9.62 Å². The van der Waals surface area contributed by atoms with Gasteiger partial charge in [-0.2, -0.15) is 8.42 Å². The number of hydrogen-bond acceptors (Lipinski definition) is 7. The summed E-state index contributed by atoms with van der Waals surface area (Å²) in [6.07, 6.45) is 0. The number of oxime groups is 1.